The van der Waals surface area contributed by atoms with Crippen molar-refractivity contribution in [2.45, 2.75) is 38.9 Å². The summed E-state index contributed by atoms with van der Waals surface area (Å²) in [6.45, 7) is 6.04. The zero-order valence-electron chi connectivity index (χ0n) is 9.97. The smallest absolute Gasteiger partial charge is 0.129 e. The predicted octanol–water partition coefficient (Wildman–Crippen LogP) is 4.29. The molecule has 0 radical (unpaired) electrons. The Bertz CT molecular complexity index is 342. The van der Waals surface area contributed by atoms with Gasteiger partial charge in [0.1, 0.15) is 11.4 Å². The van der Waals surface area contributed by atoms with Crippen molar-refractivity contribution < 1.29 is 9.13 Å². The molecule has 0 fully saturated rings. The van der Waals surface area contributed by atoms with Crippen molar-refractivity contribution in [3.8, 4) is 0 Å². The summed E-state index contributed by atoms with van der Waals surface area (Å²) >= 11 is 2.24. The molecular weight excluding hydrogens is 318 g/mol. The highest BCUT2D eigenvalue weighted by Crippen LogP contribution is 2.31. The summed E-state index contributed by atoms with van der Waals surface area (Å²) in [4.78, 5) is 0. The van der Waals surface area contributed by atoms with Gasteiger partial charge in [-0.25, -0.2) is 4.39 Å². The Kier molecular flexibility index (Phi) is 5.18. The zero-order chi connectivity index (χ0) is 12.2. The lowest BCUT2D eigenvalue weighted by Gasteiger charge is -2.31. The Balaban J connectivity index is 3.00. The van der Waals surface area contributed by atoms with Gasteiger partial charge in [-0.2, -0.15) is 0 Å². The quantitative estimate of drug-likeness (QED) is 0.576. The van der Waals surface area contributed by atoms with Crippen molar-refractivity contribution >= 4 is 22.6 Å². The number of hydrogen-bond acceptors (Lipinski definition) is 1. The van der Waals surface area contributed by atoms with Crippen molar-refractivity contribution in [2.75, 3.05) is 4.43 Å². The molecule has 0 saturated carbocycles. The fourth-order valence-corrected chi connectivity index (χ4v) is 2.18. The predicted molar refractivity (Wildman–Crippen MR) is 73.5 cm³/mol. The van der Waals surface area contributed by atoms with Gasteiger partial charge in [0.05, 0.1) is 6.10 Å². The minimum absolute atomic E-state index is 0.138. The summed E-state index contributed by atoms with van der Waals surface area (Å²) in [5.41, 5.74) is 0.103. The van der Waals surface area contributed by atoms with Crippen molar-refractivity contribution in [3.05, 3.63) is 35.6 Å². The van der Waals surface area contributed by atoms with Gasteiger partial charge in [0, 0.05) is 9.99 Å². The molecule has 0 saturated heterocycles. The van der Waals surface area contributed by atoms with Gasteiger partial charge in [-0.05, 0) is 26.3 Å². The maximum atomic E-state index is 13.7. The molecule has 0 aliphatic rings. The zero-order valence-corrected chi connectivity index (χ0v) is 12.1. The highest BCUT2D eigenvalue weighted by molar-refractivity contribution is 14.1. The van der Waals surface area contributed by atoms with Crippen LogP contribution in [0.25, 0.3) is 0 Å². The molecule has 1 aromatic rings. The van der Waals surface area contributed by atoms with Crippen LogP contribution in [0.2, 0.25) is 0 Å². The van der Waals surface area contributed by atoms with Crippen LogP contribution in [0.4, 0.5) is 4.39 Å². The van der Waals surface area contributed by atoms with E-state index in [1.165, 1.54) is 6.07 Å². The summed E-state index contributed by atoms with van der Waals surface area (Å²) < 4.78 is 20.4. The molecule has 1 aromatic carbocycles. The van der Waals surface area contributed by atoms with E-state index in [2.05, 4.69) is 29.5 Å². The van der Waals surface area contributed by atoms with Crippen LogP contribution >= 0.6 is 22.6 Å². The average molecular weight is 336 g/mol. The molecular formula is C13H18FIO. The van der Waals surface area contributed by atoms with Gasteiger partial charge in [-0.1, -0.05) is 47.7 Å². The molecule has 2 atom stereocenters. The summed E-state index contributed by atoms with van der Waals surface area (Å²) in [6, 6.07) is 6.84. The molecule has 2 unspecified atom stereocenters. The SMILES string of the molecule is CCC(C)OC(C)(CI)c1ccccc1F. The molecule has 0 amide bonds. The van der Waals surface area contributed by atoms with E-state index in [0.717, 1.165) is 10.8 Å². The lowest BCUT2D eigenvalue weighted by atomic mass is 9.97. The fraction of sp³-hybridized carbons (Fsp3) is 0.538. The van der Waals surface area contributed by atoms with E-state index in [1.54, 1.807) is 12.1 Å². The van der Waals surface area contributed by atoms with E-state index in [1.807, 2.05) is 19.9 Å². The normalized spacial score (nSPS) is 16.8. The highest BCUT2D eigenvalue weighted by Gasteiger charge is 2.30. The fourth-order valence-electron chi connectivity index (χ4n) is 1.58. The number of halogens is 2. The Labute approximate surface area is 111 Å². The largest absolute Gasteiger partial charge is 0.367 e. The second kappa shape index (κ2) is 5.96. The van der Waals surface area contributed by atoms with Gasteiger partial charge >= 0.3 is 0 Å². The molecule has 0 aromatic heterocycles. The van der Waals surface area contributed by atoms with Crippen molar-refractivity contribution in [3.63, 3.8) is 0 Å². The third-order valence-electron chi connectivity index (χ3n) is 2.73. The summed E-state index contributed by atoms with van der Waals surface area (Å²) in [6.07, 6.45) is 1.07. The van der Waals surface area contributed by atoms with Gasteiger partial charge in [0.15, 0.2) is 0 Å². The van der Waals surface area contributed by atoms with E-state index in [4.69, 9.17) is 4.74 Å². The van der Waals surface area contributed by atoms with Crippen molar-refractivity contribution in [1.29, 1.82) is 0 Å². The Morgan fingerprint density at radius 1 is 1.44 bits per heavy atom. The first-order chi connectivity index (χ1) is 7.53. The van der Waals surface area contributed by atoms with Gasteiger partial charge < -0.3 is 4.74 Å². The number of ether oxygens (including phenoxy) is 1. The molecule has 3 heteroatoms. The molecule has 0 aliphatic heterocycles. The lowest BCUT2D eigenvalue weighted by Crippen LogP contribution is -2.32. The number of rotatable bonds is 5. The van der Waals surface area contributed by atoms with Crippen LogP contribution in [0.3, 0.4) is 0 Å². The molecule has 0 aliphatic carbocycles. The van der Waals surface area contributed by atoms with Gasteiger partial charge in [-0.3, -0.25) is 0 Å². The molecule has 16 heavy (non-hydrogen) atoms. The molecule has 0 bridgehead atoms. The lowest BCUT2D eigenvalue weighted by molar-refractivity contribution is -0.0657. The van der Waals surface area contributed by atoms with Crippen LogP contribution in [0.5, 0.6) is 0 Å². The molecule has 0 N–H and O–H groups in total. The van der Waals surface area contributed by atoms with Gasteiger partial charge in [-0.15, -0.1) is 0 Å². The standard InChI is InChI=1S/C13H18FIO/c1-4-10(2)16-13(3,9-15)11-7-5-6-8-12(11)14/h5-8,10H,4,9H2,1-3H3. The third kappa shape index (κ3) is 3.17. The number of benzene rings is 1. The molecule has 0 spiro atoms. The first-order valence-electron chi connectivity index (χ1n) is 5.52. The van der Waals surface area contributed by atoms with Crippen LogP contribution in [-0.2, 0) is 10.3 Å². The van der Waals surface area contributed by atoms with Crippen LogP contribution in [0, 0.1) is 5.82 Å². The van der Waals surface area contributed by atoms with Crippen LogP contribution in [-0.4, -0.2) is 10.5 Å². The van der Waals surface area contributed by atoms with Crippen molar-refractivity contribution in [2.24, 2.45) is 0 Å². The second-order valence-electron chi connectivity index (χ2n) is 4.18. The first-order valence-corrected chi connectivity index (χ1v) is 7.05. The van der Waals surface area contributed by atoms with E-state index in [-0.39, 0.29) is 11.9 Å². The van der Waals surface area contributed by atoms with Crippen molar-refractivity contribution in [1.82, 2.24) is 0 Å². The molecule has 1 nitrogen and oxygen atoms in total. The first kappa shape index (κ1) is 13.9. The minimum atomic E-state index is -0.540. The van der Waals surface area contributed by atoms with E-state index >= 15 is 0 Å². The maximum Gasteiger partial charge on any atom is 0.129 e. The topological polar surface area (TPSA) is 9.23 Å². The van der Waals surface area contributed by atoms with E-state index in [0.29, 0.717) is 5.56 Å². The monoisotopic (exact) mass is 336 g/mol. The Hall–Kier alpha value is -0.160. The molecule has 1 rings (SSSR count). The maximum absolute atomic E-state index is 13.7. The third-order valence-corrected chi connectivity index (χ3v) is 4.19. The summed E-state index contributed by atoms with van der Waals surface area (Å²) in [5.74, 6) is -0.190. The van der Waals surface area contributed by atoms with E-state index in [9.17, 15) is 4.39 Å². The van der Waals surface area contributed by atoms with Gasteiger partial charge in [0.25, 0.3) is 0 Å². The molecule has 0 heterocycles. The summed E-state index contributed by atoms with van der Waals surface area (Å²) in [7, 11) is 0. The van der Waals surface area contributed by atoms with Gasteiger partial charge in [0.2, 0.25) is 0 Å². The molecule has 90 valence electrons. The average Bonchev–Trinajstić information content (AvgIpc) is 2.29. The van der Waals surface area contributed by atoms with E-state index < -0.39 is 5.60 Å². The summed E-state index contributed by atoms with van der Waals surface area (Å²) in [5, 5.41) is 0. The highest BCUT2D eigenvalue weighted by atomic mass is 127. The second-order valence-corrected chi connectivity index (χ2v) is 4.94. The Morgan fingerprint density at radius 2 is 2.06 bits per heavy atom. The van der Waals surface area contributed by atoms with Crippen LogP contribution < -0.4 is 0 Å². The van der Waals surface area contributed by atoms with Crippen LogP contribution in [0.1, 0.15) is 32.8 Å². The number of hydrogen-bond donors (Lipinski definition) is 0. The number of alkyl halides is 1. The van der Waals surface area contributed by atoms with Crippen LogP contribution in [0.15, 0.2) is 24.3 Å². The minimum Gasteiger partial charge on any atom is -0.367 e. The Morgan fingerprint density at radius 3 is 2.56 bits per heavy atom.